The first-order valence-corrected chi connectivity index (χ1v) is 5.48. The van der Waals surface area contributed by atoms with Crippen molar-refractivity contribution < 1.29 is 19.4 Å². The van der Waals surface area contributed by atoms with Gasteiger partial charge in [-0.05, 0) is 0 Å². The molecule has 1 aromatic rings. The lowest BCUT2D eigenvalue weighted by Crippen LogP contribution is -2.41. The Bertz CT molecular complexity index is 379. The molecule has 0 bridgehead atoms. The van der Waals surface area contributed by atoms with Crippen molar-refractivity contribution >= 4 is 11.9 Å². The molecule has 1 unspecified atom stereocenters. The average molecular weight is 256 g/mol. The lowest BCUT2D eigenvalue weighted by atomic mass is 10.2. The molecule has 0 aliphatic carbocycles. The minimum absolute atomic E-state index is 0.153. The molecule has 0 saturated carbocycles. The molecule has 2 N–H and O–H groups in total. The molecule has 100 valence electrons. The Morgan fingerprint density at radius 2 is 2.33 bits per heavy atom. The van der Waals surface area contributed by atoms with E-state index >= 15 is 0 Å². The summed E-state index contributed by atoms with van der Waals surface area (Å²) in [6, 6.07) is -0.923. The molecule has 0 aromatic carbocycles. The van der Waals surface area contributed by atoms with Crippen LogP contribution in [0.3, 0.4) is 0 Å². The van der Waals surface area contributed by atoms with Crippen LogP contribution >= 0.6 is 0 Å². The zero-order chi connectivity index (χ0) is 13.4. The molecule has 0 aliphatic heterocycles. The number of nitrogens with one attached hydrogen (secondary N) is 1. The number of carboxylic acid groups (broad SMARTS) is 1. The summed E-state index contributed by atoms with van der Waals surface area (Å²) in [6.45, 7) is 0.642. The number of ether oxygens (including phenoxy) is 1. The Morgan fingerprint density at radius 1 is 1.56 bits per heavy atom. The molecule has 1 rings (SSSR count). The standard InChI is InChI=1S/C10H16N4O4/c1-18-7-3-8(10(16)17)12-9(15)2-5-14-6-4-11-13-14/h4,6,8H,2-3,5,7H2,1H3,(H,12,15)(H,16,17). The summed E-state index contributed by atoms with van der Waals surface area (Å²) in [5, 5.41) is 18.6. The van der Waals surface area contributed by atoms with Crippen molar-refractivity contribution in [2.24, 2.45) is 0 Å². The molecule has 0 spiro atoms. The number of methoxy groups -OCH3 is 1. The van der Waals surface area contributed by atoms with E-state index in [-0.39, 0.29) is 25.4 Å². The van der Waals surface area contributed by atoms with Gasteiger partial charge in [0.1, 0.15) is 6.04 Å². The minimum atomic E-state index is -1.07. The van der Waals surface area contributed by atoms with E-state index in [0.717, 1.165) is 0 Å². The van der Waals surface area contributed by atoms with Crippen LogP contribution in [0.4, 0.5) is 0 Å². The molecule has 0 saturated heterocycles. The quantitative estimate of drug-likeness (QED) is 0.635. The van der Waals surface area contributed by atoms with E-state index in [0.29, 0.717) is 6.54 Å². The number of hydrogen-bond acceptors (Lipinski definition) is 5. The highest BCUT2D eigenvalue weighted by molar-refractivity contribution is 5.83. The molecule has 8 heteroatoms. The maximum atomic E-state index is 11.5. The largest absolute Gasteiger partial charge is 0.480 e. The van der Waals surface area contributed by atoms with Crippen LogP contribution in [0, 0.1) is 0 Å². The van der Waals surface area contributed by atoms with Gasteiger partial charge < -0.3 is 15.2 Å². The van der Waals surface area contributed by atoms with E-state index in [1.807, 2.05) is 0 Å². The Kier molecular flexibility index (Phi) is 5.78. The number of aliphatic carboxylic acids is 1. The number of aryl methyl sites for hydroxylation is 1. The molecule has 0 aliphatic rings. The second-order valence-corrected chi connectivity index (χ2v) is 3.66. The minimum Gasteiger partial charge on any atom is -0.480 e. The van der Waals surface area contributed by atoms with Crippen LogP contribution in [0.1, 0.15) is 12.8 Å². The van der Waals surface area contributed by atoms with Crippen LogP contribution in [0.25, 0.3) is 0 Å². The van der Waals surface area contributed by atoms with E-state index in [1.165, 1.54) is 18.0 Å². The van der Waals surface area contributed by atoms with Crippen molar-refractivity contribution in [1.82, 2.24) is 20.3 Å². The highest BCUT2D eigenvalue weighted by Crippen LogP contribution is 1.95. The Labute approximate surface area is 104 Å². The monoisotopic (exact) mass is 256 g/mol. The third-order valence-electron chi connectivity index (χ3n) is 2.28. The van der Waals surface area contributed by atoms with Gasteiger partial charge in [-0.25, -0.2) is 4.79 Å². The molecule has 1 atom stereocenters. The lowest BCUT2D eigenvalue weighted by Gasteiger charge is -2.13. The molecular weight excluding hydrogens is 240 g/mol. The predicted molar refractivity (Wildman–Crippen MR) is 60.7 cm³/mol. The predicted octanol–water partition coefficient (Wildman–Crippen LogP) is -0.726. The summed E-state index contributed by atoms with van der Waals surface area (Å²) in [6.07, 6.45) is 3.53. The molecule has 0 fully saturated rings. The van der Waals surface area contributed by atoms with Gasteiger partial charge in [0.2, 0.25) is 5.91 Å². The maximum Gasteiger partial charge on any atom is 0.326 e. The zero-order valence-corrected chi connectivity index (χ0v) is 10.1. The van der Waals surface area contributed by atoms with Gasteiger partial charge in [0.05, 0.1) is 12.7 Å². The fraction of sp³-hybridized carbons (Fsp3) is 0.600. The molecular formula is C10H16N4O4. The van der Waals surface area contributed by atoms with Gasteiger partial charge >= 0.3 is 5.97 Å². The molecule has 1 aromatic heterocycles. The summed E-state index contributed by atoms with van der Waals surface area (Å²) < 4.78 is 6.29. The molecule has 18 heavy (non-hydrogen) atoms. The first-order valence-electron chi connectivity index (χ1n) is 5.48. The highest BCUT2D eigenvalue weighted by Gasteiger charge is 2.19. The number of amides is 1. The summed E-state index contributed by atoms with van der Waals surface area (Å²) in [5.41, 5.74) is 0. The summed E-state index contributed by atoms with van der Waals surface area (Å²) >= 11 is 0. The summed E-state index contributed by atoms with van der Waals surface area (Å²) in [5.74, 6) is -1.41. The topological polar surface area (TPSA) is 106 Å². The van der Waals surface area contributed by atoms with Crippen LogP contribution < -0.4 is 5.32 Å². The van der Waals surface area contributed by atoms with Crippen molar-refractivity contribution in [3.05, 3.63) is 12.4 Å². The van der Waals surface area contributed by atoms with Crippen molar-refractivity contribution in [3.63, 3.8) is 0 Å². The average Bonchev–Trinajstić information content (AvgIpc) is 2.84. The van der Waals surface area contributed by atoms with Gasteiger partial charge in [0.15, 0.2) is 0 Å². The Hall–Kier alpha value is -1.96. The number of carbonyl (C=O) groups is 2. The smallest absolute Gasteiger partial charge is 0.326 e. The van der Waals surface area contributed by atoms with E-state index in [1.54, 1.807) is 6.20 Å². The van der Waals surface area contributed by atoms with Crippen LogP contribution in [0.2, 0.25) is 0 Å². The number of carbonyl (C=O) groups excluding carboxylic acids is 1. The van der Waals surface area contributed by atoms with E-state index in [9.17, 15) is 9.59 Å². The fourth-order valence-corrected chi connectivity index (χ4v) is 1.33. The zero-order valence-electron chi connectivity index (χ0n) is 10.1. The van der Waals surface area contributed by atoms with Gasteiger partial charge in [-0.2, -0.15) is 0 Å². The van der Waals surface area contributed by atoms with Crippen molar-refractivity contribution in [3.8, 4) is 0 Å². The molecule has 0 radical (unpaired) electrons. The Balaban J connectivity index is 2.34. The van der Waals surface area contributed by atoms with E-state index in [4.69, 9.17) is 9.84 Å². The van der Waals surface area contributed by atoms with Crippen molar-refractivity contribution in [1.29, 1.82) is 0 Å². The van der Waals surface area contributed by atoms with Gasteiger partial charge in [-0.3, -0.25) is 9.48 Å². The molecule has 1 amide bonds. The van der Waals surface area contributed by atoms with Crippen LogP contribution in [-0.4, -0.2) is 51.7 Å². The van der Waals surface area contributed by atoms with Crippen molar-refractivity contribution in [2.45, 2.75) is 25.4 Å². The first-order chi connectivity index (χ1) is 8.63. The number of carboxylic acids is 1. The molecule has 8 nitrogen and oxygen atoms in total. The van der Waals surface area contributed by atoms with Crippen molar-refractivity contribution in [2.75, 3.05) is 13.7 Å². The van der Waals surface area contributed by atoms with Gasteiger partial charge in [-0.1, -0.05) is 5.21 Å². The number of aromatic nitrogens is 3. The van der Waals surface area contributed by atoms with Gasteiger partial charge in [0, 0.05) is 32.8 Å². The maximum absolute atomic E-state index is 11.5. The fourth-order valence-electron chi connectivity index (χ4n) is 1.33. The number of hydrogen-bond donors (Lipinski definition) is 2. The van der Waals surface area contributed by atoms with E-state index < -0.39 is 12.0 Å². The van der Waals surface area contributed by atoms with Crippen LogP contribution in [-0.2, 0) is 20.9 Å². The van der Waals surface area contributed by atoms with Gasteiger partial charge in [0.25, 0.3) is 0 Å². The molecule has 1 heterocycles. The van der Waals surface area contributed by atoms with Crippen LogP contribution in [0.15, 0.2) is 12.4 Å². The summed E-state index contributed by atoms with van der Waals surface area (Å²) in [4.78, 5) is 22.4. The first kappa shape index (κ1) is 14.1. The Morgan fingerprint density at radius 3 is 2.89 bits per heavy atom. The second-order valence-electron chi connectivity index (χ2n) is 3.66. The lowest BCUT2D eigenvalue weighted by molar-refractivity contribution is -0.142. The number of nitrogens with zero attached hydrogens (tertiary/aromatic N) is 3. The number of rotatable bonds is 8. The van der Waals surface area contributed by atoms with Gasteiger partial charge in [-0.15, -0.1) is 5.10 Å². The van der Waals surface area contributed by atoms with E-state index in [2.05, 4.69) is 15.6 Å². The third kappa shape index (κ3) is 4.91. The third-order valence-corrected chi connectivity index (χ3v) is 2.28. The highest BCUT2D eigenvalue weighted by atomic mass is 16.5. The van der Waals surface area contributed by atoms with Crippen LogP contribution in [0.5, 0.6) is 0 Å². The normalized spacial score (nSPS) is 12.1. The SMILES string of the molecule is COCCC(NC(=O)CCn1ccnn1)C(=O)O. The second kappa shape index (κ2) is 7.38. The summed E-state index contributed by atoms with van der Waals surface area (Å²) in [7, 11) is 1.48.